The van der Waals surface area contributed by atoms with Gasteiger partial charge in [-0.15, -0.1) is 0 Å². The predicted molar refractivity (Wildman–Crippen MR) is 113 cm³/mol. The van der Waals surface area contributed by atoms with Crippen LogP contribution in [0.4, 0.5) is 9.18 Å². The third kappa shape index (κ3) is 3.63. The Morgan fingerprint density at radius 1 is 1.00 bits per heavy atom. The van der Waals surface area contributed by atoms with E-state index in [0.29, 0.717) is 10.5 Å². The van der Waals surface area contributed by atoms with Crippen molar-refractivity contribution >= 4 is 29.0 Å². The smallest absolute Gasteiger partial charge is 0.293 e. The molecule has 0 aliphatic carbocycles. The first kappa shape index (κ1) is 19.2. The molecule has 146 valence electrons. The lowest BCUT2D eigenvalue weighted by atomic mass is 10.2. The largest absolute Gasteiger partial charge is 0.318 e. The number of benzene rings is 2. The Hall–Kier alpha value is -3.12. The van der Waals surface area contributed by atoms with Crippen LogP contribution >= 0.6 is 11.8 Å². The van der Waals surface area contributed by atoms with Crippen molar-refractivity contribution in [1.82, 2.24) is 9.47 Å². The second kappa shape index (κ2) is 7.72. The molecular formula is C23H19FN2O2S. The van der Waals surface area contributed by atoms with E-state index in [4.69, 9.17) is 0 Å². The van der Waals surface area contributed by atoms with Gasteiger partial charge in [-0.2, -0.15) is 0 Å². The Kier molecular flexibility index (Phi) is 5.11. The molecule has 0 saturated carbocycles. The normalized spacial score (nSPS) is 15.6. The first-order valence-corrected chi connectivity index (χ1v) is 10.0. The van der Waals surface area contributed by atoms with Crippen LogP contribution in [0.2, 0.25) is 0 Å². The highest BCUT2D eigenvalue weighted by atomic mass is 32.2. The number of hydrogen-bond acceptors (Lipinski definition) is 3. The van der Waals surface area contributed by atoms with Crippen LogP contribution in [0.15, 0.2) is 65.6 Å². The van der Waals surface area contributed by atoms with E-state index >= 15 is 0 Å². The van der Waals surface area contributed by atoms with Crippen molar-refractivity contribution in [2.45, 2.75) is 20.4 Å². The fourth-order valence-corrected chi connectivity index (χ4v) is 4.31. The second-order valence-corrected chi connectivity index (χ2v) is 7.85. The minimum atomic E-state index is -0.429. The molecule has 0 unspecified atom stereocenters. The van der Waals surface area contributed by atoms with E-state index in [9.17, 15) is 14.0 Å². The molecule has 0 atom stereocenters. The Labute approximate surface area is 172 Å². The Morgan fingerprint density at radius 2 is 1.69 bits per heavy atom. The first-order chi connectivity index (χ1) is 14.0. The van der Waals surface area contributed by atoms with Crippen molar-refractivity contribution in [3.8, 4) is 5.69 Å². The van der Waals surface area contributed by atoms with Gasteiger partial charge in [0.1, 0.15) is 5.82 Å². The van der Waals surface area contributed by atoms with Crippen LogP contribution in [0, 0.1) is 19.7 Å². The molecule has 0 spiro atoms. The number of nitrogens with zero attached hydrogens (tertiary/aromatic N) is 2. The number of amides is 2. The fraction of sp³-hybridized carbons (Fsp3) is 0.130. The van der Waals surface area contributed by atoms with Crippen molar-refractivity contribution in [3.63, 3.8) is 0 Å². The molecule has 2 amide bonds. The van der Waals surface area contributed by atoms with Gasteiger partial charge in [-0.1, -0.05) is 36.4 Å². The number of hydrogen-bond donors (Lipinski definition) is 0. The Morgan fingerprint density at radius 3 is 2.41 bits per heavy atom. The minimum absolute atomic E-state index is 0.0717. The molecule has 1 aliphatic heterocycles. The topological polar surface area (TPSA) is 42.3 Å². The molecule has 0 radical (unpaired) electrons. The maximum atomic E-state index is 13.9. The van der Waals surface area contributed by atoms with E-state index in [-0.39, 0.29) is 11.8 Å². The number of aryl methyl sites for hydroxylation is 1. The van der Waals surface area contributed by atoms with Gasteiger partial charge < -0.3 is 4.57 Å². The zero-order valence-electron chi connectivity index (χ0n) is 16.1. The summed E-state index contributed by atoms with van der Waals surface area (Å²) in [5.41, 5.74) is 4.25. The molecule has 1 fully saturated rings. The van der Waals surface area contributed by atoms with E-state index in [1.54, 1.807) is 24.3 Å². The Bertz CT molecular complexity index is 1140. The zero-order valence-corrected chi connectivity index (χ0v) is 16.9. The SMILES string of the molecule is Cc1cc(/C=C2\SC(=O)N(Cc3ccccc3F)C2=O)c(C)n1-c1ccccc1. The van der Waals surface area contributed by atoms with Crippen molar-refractivity contribution < 1.29 is 14.0 Å². The molecule has 2 aromatic carbocycles. The van der Waals surface area contributed by atoms with Crippen molar-refractivity contribution in [1.29, 1.82) is 0 Å². The maximum Gasteiger partial charge on any atom is 0.293 e. The van der Waals surface area contributed by atoms with Crippen LogP contribution in [-0.2, 0) is 11.3 Å². The van der Waals surface area contributed by atoms with Gasteiger partial charge in [0.05, 0.1) is 11.4 Å². The van der Waals surface area contributed by atoms with E-state index in [0.717, 1.165) is 39.3 Å². The number of carbonyl (C=O) groups is 2. The summed E-state index contributed by atoms with van der Waals surface area (Å²) in [5, 5.41) is -0.388. The number of carbonyl (C=O) groups excluding carboxylic acids is 2. The quantitative estimate of drug-likeness (QED) is 0.540. The van der Waals surface area contributed by atoms with E-state index in [1.807, 2.05) is 50.2 Å². The summed E-state index contributed by atoms with van der Waals surface area (Å²) >= 11 is 0.888. The number of thioether (sulfide) groups is 1. The van der Waals surface area contributed by atoms with E-state index in [2.05, 4.69) is 4.57 Å². The molecular weight excluding hydrogens is 387 g/mol. The summed E-state index contributed by atoms with van der Waals surface area (Å²) in [7, 11) is 0. The molecule has 2 heterocycles. The minimum Gasteiger partial charge on any atom is -0.318 e. The lowest BCUT2D eigenvalue weighted by molar-refractivity contribution is -0.123. The highest BCUT2D eigenvalue weighted by molar-refractivity contribution is 8.18. The summed E-state index contributed by atoms with van der Waals surface area (Å²) in [6.07, 6.45) is 1.74. The van der Waals surface area contributed by atoms with Gasteiger partial charge in [0, 0.05) is 22.6 Å². The van der Waals surface area contributed by atoms with E-state index in [1.165, 1.54) is 6.07 Å². The average Bonchev–Trinajstić information content (AvgIpc) is 3.13. The van der Waals surface area contributed by atoms with Gasteiger partial charge in [0.25, 0.3) is 11.1 Å². The third-order valence-corrected chi connectivity index (χ3v) is 5.84. The number of halogens is 1. The molecule has 4 rings (SSSR count). The van der Waals surface area contributed by atoms with Crippen LogP contribution in [0.1, 0.15) is 22.5 Å². The zero-order chi connectivity index (χ0) is 20.5. The third-order valence-electron chi connectivity index (χ3n) is 4.93. The molecule has 0 N–H and O–H groups in total. The van der Waals surface area contributed by atoms with Crippen LogP contribution in [0.3, 0.4) is 0 Å². The van der Waals surface area contributed by atoms with Gasteiger partial charge in [-0.3, -0.25) is 14.5 Å². The van der Waals surface area contributed by atoms with Gasteiger partial charge in [0.15, 0.2) is 0 Å². The lowest BCUT2D eigenvalue weighted by Crippen LogP contribution is -2.27. The van der Waals surface area contributed by atoms with Gasteiger partial charge in [0.2, 0.25) is 0 Å². The van der Waals surface area contributed by atoms with Crippen molar-refractivity contribution in [2.24, 2.45) is 0 Å². The summed E-state index contributed by atoms with van der Waals surface area (Å²) in [5.74, 6) is -0.824. The summed E-state index contributed by atoms with van der Waals surface area (Å²) in [6.45, 7) is 3.91. The number of aromatic nitrogens is 1. The molecule has 1 saturated heterocycles. The van der Waals surface area contributed by atoms with Gasteiger partial charge in [-0.05, 0) is 61.5 Å². The molecule has 6 heteroatoms. The highest BCUT2D eigenvalue weighted by Crippen LogP contribution is 2.34. The van der Waals surface area contributed by atoms with Crippen LogP contribution in [0.5, 0.6) is 0 Å². The first-order valence-electron chi connectivity index (χ1n) is 9.19. The molecule has 4 nitrogen and oxygen atoms in total. The maximum absolute atomic E-state index is 13.9. The number of imide groups is 1. The lowest BCUT2D eigenvalue weighted by Gasteiger charge is -2.12. The van der Waals surface area contributed by atoms with Crippen molar-refractivity contribution in [3.05, 3.63) is 93.9 Å². The van der Waals surface area contributed by atoms with Crippen LogP contribution in [0.25, 0.3) is 11.8 Å². The standard InChI is InChI=1S/C23H19FN2O2S/c1-15-12-18(16(2)26(15)19-9-4-3-5-10-19)13-21-22(27)25(23(28)29-21)14-17-8-6-7-11-20(17)24/h3-13H,14H2,1-2H3/b21-13-. The van der Waals surface area contributed by atoms with Crippen molar-refractivity contribution in [2.75, 3.05) is 0 Å². The van der Waals surface area contributed by atoms with Crippen LogP contribution < -0.4 is 0 Å². The second-order valence-electron chi connectivity index (χ2n) is 6.86. The molecule has 3 aromatic rings. The fourth-order valence-electron chi connectivity index (χ4n) is 3.48. The van der Waals surface area contributed by atoms with Gasteiger partial charge >= 0.3 is 0 Å². The predicted octanol–water partition coefficient (Wildman–Crippen LogP) is 5.47. The summed E-state index contributed by atoms with van der Waals surface area (Å²) in [4.78, 5) is 26.6. The van der Waals surface area contributed by atoms with Gasteiger partial charge in [-0.25, -0.2) is 4.39 Å². The molecule has 0 bridgehead atoms. The highest BCUT2D eigenvalue weighted by Gasteiger charge is 2.35. The summed E-state index contributed by atoms with van der Waals surface area (Å²) < 4.78 is 16.0. The molecule has 29 heavy (non-hydrogen) atoms. The molecule has 1 aliphatic rings. The number of rotatable bonds is 4. The Balaban J connectivity index is 1.64. The van der Waals surface area contributed by atoms with Crippen LogP contribution in [-0.4, -0.2) is 20.6 Å². The number of para-hydroxylation sites is 1. The summed E-state index contributed by atoms with van der Waals surface area (Å²) in [6, 6.07) is 18.1. The van der Waals surface area contributed by atoms with E-state index < -0.39 is 11.7 Å². The average molecular weight is 406 g/mol. The monoisotopic (exact) mass is 406 g/mol. The molecule has 1 aromatic heterocycles.